The van der Waals surface area contributed by atoms with E-state index in [1.165, 1.54) is 12.8 Å². The first kappa shape index (κ1) is 18.7. The summed E-state index contributed by atoms with van der Waals surface area (Å²) in [7, 11) is 1.61. The molecule has 1 aromatic rings. The molecule has 0 spiro atoms. The van der Waals surface area contributed by atoms with E-state index in [4.69, 9.17) is 4.74 Å². The maximum atomic E-state index is 12.4. The summed E-state index contributed by atoms with van der Waals surface area (Å²) in [5.74, 6) is 0.948. The van der Waals surface area contributed by atoms with Gasteiger partial charge in [-0.2, -0.15) is 0 Å². The summed E-state index contributed by atoms with van der Waals surface area (Å²) in [4.78, 5) is 14.4. The third kappa shape index (κ3) is 5.80. The molecule has 0 radical (unpaired) electrons. The SMILES string of the molecule is COc1cccc(C(O)CNC(C)CC(=O)N2CCCCCC2)c1. The molecule has 5 nitrogen and oxygen atoms in total. The first-order chi connectivity index (χ1) is 11.6. The number of hydrogen-bond donors (Lipinski definition) is 2. The molecule has 1 fully saturated rings. The molecule has 0 aliphatic carbocycles. The van der Waals surface area contributed by atoms with Crippen molar-refractivity contribution in [1.82, 2.24) is 10.2 Å². The lowest BCUT2D eigenvalue weighted by Gasteiger charge is -2.23. The molecular formula is C19H30N2O3. The summed E-state index contributed by atoms with van der Waals surface area (Å²) < 4.78 is 5.18. The Morgan fingerprint density at radius 1 is 1.29 bits per heavy atom. The van der Waals surface area contributed by atoms with E-state index in [0.717, 1.165) is 37.2 Å². The van der Waals surface area contributed by atoms with E-state index in [1.807, 2.05) is 36.1 Å². The van der Waals surface area contributed by atoms with Crippen LogP contribution in [-0.4, -0.2) is 48.7 Å². The number of nitrogens with zero attached hydrogens (tertiary/aromatic N) is 1. The number of methoxy groups -OCH3 is 1. The molecule has 2 unspecified atom stereocenters. The third-order valence-corrected chi connectivity index (χ3v) is 4.58. The average molecular weight is 334 g/mol. The fourth-order valence-corrected chi connectivity index (χ4v) is 3.06. The van der Waals surface area contributed by atoms with Crippen LogP contribution in [0.5, 0.6) is 5.75 Å². The van der Waals surface area contributed by atoms with Crippen LogP contribution in [0, 0.1) is 0 Å². The molecule has 1 aromatic carbocycles. The molecular weight excluding hydrogens is 304 g/mol. The van der Waals surface area contributed by atoms with Crippen molar-refractivity contribution in [3.05, 3.63) is 29.8 Å². The number of hydrogen-bond acceptors (Lipinski definition) is 4. The smallest absolute Gasteiger partial charge is 0.224 e. The monoisotopic (exact) mass is 334 g/mol. The zero-order chi connectivity index (χ0) is 17.4. The van der Waals surface area contributed by atoms with Crippen LogP contribution in [0.1, 0.15) is 50.7 Å². The summed E-state index contributed by atoms with van der Waals surface area (Å²) in [5.41, 5.74) is 0.813. The molecule has 134 valence electrons. The normalized spacial score (nSPS) is 17.9. The van der Waals surface area contributed by atoms with Gasteiger partial charge in [-0.25, -0.2) is 0 Å². The van der Waals surface area contributed by atoms with Crippen LogP contribution in [0.3, 0.4) is 0 Å². The topological polar surface area (TPSA) is 61.8 Å². The van der Waals surface area contributed by atoms with Crippen LogP contribution in [0.2, 0.25) is 0 Å². The van der Waals surface area contributed by atoms with Crippen molar-refractivity contribution >= 4 is 5.91 Å². The van der Waals surface area contributed by atoms with Gasteiger partial charge in [-0.1, -0.05) is 25.0 Å². The van der Waals surface area contributed by atoms with E-state index in [9.17, 15) is 9.90 Å². The Balaban J connectivity index is 1.77. The minimum Gasteiger partial charge on any atom is -0.497 e. The summed E-state index contributed by atoms with van der Waals surface area (Å²) in [5, 5.41) is 13.6. The van der Waals surface area contributed by atoms with E-state index in [-0.39, 0.29) is 11.9 Å². The average Bonchev–Trinajstić information content (AvgIpc) is 2.89. The quantitative estimate of drug-likeness (QED) is 0.804. The Labute approximate surface area is 145 Å². The van der Waals surface area contributed by atoms with Gasteiger partial charge in [0.1, 0.15) is 5.75 Å². The summed E-state index contributed by atoms with van der Waals surface area (Å²) in [6.45, 7) is 4.19. The molecule has 1 heterocycles. The zero-order valence-corrected chi connectivity index (χ0v) is 14.8. The van der Waals surface area contributed by atoms with Crippen LogP contribution in [0.25, 0.3) is 0 Å². The molecule has 2 N–H and O–H groups in total. The van der Waals surface area contributed by atoms with Crippen molar-refractivity contribution in [2.75, 3.05) is 26.7 Å². The van der Waals surface area contributed by atoms with Crippen LogP contribution in [0.15, 0.2) is 24.3 Å². The molecule has 0 aromatic heterocycles. The van der Waals surface area contributed by atoms with Crippen molar-refractivity contribution in [2.24, 2.45) is 0 Å². The number of rotatable bonds is 7. The maximum absolute atomic E-state index is 12.4. The molecule has 1 aliphatic rings. The Hall–Kier alpha value is -1.59. The number of likely N-dealkylation sites (tertiary alicyclic amines) is 1. The molecule has 5 heteroatoms. The lowest BCUT2D eigenvalue weighted by molar-refractivity contribution is -0.131. The van der Waals surface area contributed by atoms with Crippen molar-refractivity contribution in [3.8, 4) is 5.75 Å². The molecule has 1 saturated heterocycles. The van der Waals surface area contributed by atoms with E-state index in [0.29, 0.717) is 13.0 Å². The number of nitrogens with one attached hydrogen (secondary N) is 1. The summed E-state index contributed by atoms with van der Waals surface area (Å²) in [6.07, 6.45) is 4.54. The van der Waals surface area contributed by atoms with Gasteiger partial charge >= 0.3 is 0 Å². The van der Waals surface area contributed by atoms with E-state index in [1.54, 1.807) is 7.11 Å². The molecule has 2 rings (SSSR count). The Morgan fingerprint density at radius 2 is 2.00 bits per heavy atom. The second-order valence-electron chi connectivity index (χ2n) is 6.60. The fraction of sp³-hybridized carbons (Fsp3) is 0.632. The van der Waals surface area contributed by atoms with E-state index in [2.05, 4.69) is 5.32 Å². The Morgan fingerprint density at radius 3 is 2.67 bits per heavy atom. The van der Waals surface area contributed by atoms with Gasteiger partial charge in [-0.05, 0) is 37.5 Å². The number of amides is 1. The number of aliphatic hydroxyl groups is 1. The highest BCUT2D eigenvalue weighted by Gasteiger charge is 2.18. The van der Waals surface area contributed by atoms with Gasteiger partial charge in [-0.15, -0.1) is 0 Å². The summed E-state index contributed by atoms with van der Waals surface area (Å²) in [6, 6.07) is 7.47. The van der Waals surface area contributed by atoms with Crippen molar-refractivity contribution in [2.45, 2.75) is 51.2 Å². The number of carbonyl (C=O) groups is 1. The minimum atomic E-state index is -0.615. The van der Waals surface area contributed by atoms with Gasteiger partial charge in [-0.3, -0.25) is 4.79 Å². The molecule has 0 saturated carbocycles. The first-order valence-electron chi connectivity index (χ1n) is 8.93. The highest BCUT2D eigenvalue weighted by Crippen LogP contribution is 2.18. The van der Waals surface area contributed by atoms with Gasteiger partial charge in [0, 0.05) is 32.1 Å². The standard InChI is InChI=1S/C19H30N2O3/c1-15(12-19(23)21-10-5-3-4-6-11-21)20-14-18(22)16-8-7-9-17(13-16)24-2/h7-9,13,15,18,20,22H,3-6,10-12,14H2,1-2H3. The van der Waals surface area contributed by atoms with Crippen LogP contribution in [-0.2, 0) is 4.79 Å². The molecule has 0 bridgehead atoms. The molecule has 1 amide bonds. The number of benzene rings is 1. The van der Waals surface area contributed by atoms with Crippen molar-refractivity contribution < 1.29 is 14.6 Å². The lowest BCUT2D eigenvalue weighted by Crippen LogP contribution is -2.38. The predicted molar refractivity (Wildman–Crippen MR) is 95.1 cm³/mol. The van der Waals surface area contributed by atoms with Gasteiger partial charge in [0.15, 0.2) is 0 Å². The number of aliphatic hydroxyl groups excluding tert-OH is 1. The third-order valence-electron chi connectivity index (χ3n) is 4.58. The van der Waals surface area contributed by atoms with Gasteiger partial charge in [0.05, 0.1) is 13.2 Å². The largest absolute Gasteiger partial charge is 0.497 e. The second kappa shape index (κ2) is 9.64. The highest BCUT2D eigenvalue weighted by molar-refractivity contribution is 5.76. The predicted octanol–water partition coefficient (Wildman–Crippen LogP) is 2.50. The van der Waals surface area contributed by atoms with E-state index < -0.39 is 6.10 Å². The lowest BCUT2D eigenvalue weighted by atomic mass is 10.1. The first-order valence-corrected chi connectivity index (χ1v) is 8.93. The van der Waals surface area contributed by atoms with Crippen molar-refractivity contribution in [1.29, 1.82) is 0 Å². The van der Waals surface area contributed by atoms with Crippen LogP contribution in [0.4, 0.5) is 0 Å². The summed E-state index contributed by atoms with van der Waals surface area (Å²) >= 11 is 0. The molecule has 24 heavy (non-hydrogen) atoms. The van der Waals surface area contributed by atoms with Gasteiger partial charge in [0.2, 0.25) is 5.91 Å². The van der Waals surface area contributed by atoms with Gasteiger partial charge < -0.3 is 20.1 Å². The Kier molecular flexibility index (Phi) is 7.53. The Bertz CT molecular complexity index is 513. The van der Waals surface area contributed by atoms with Gasteiger partial charge in [0.25, 0.3) is 0 Å². The fourth-order valence-electron chi connectivity index (χ4n) is 3.06. The van der Waals surface area contributed by atoms with Crippen LogP contribution < -0.4 is 10.1 Å². The van der Waals surface area contributed by atoms with Crippen molar-refractivity contribution in [3.63, 3.8) is 0 Å². The molecule has 2 atom stereocenters. The molecule has 1 aliphatic heterocycles. The maximum Gasteiger partial charge on any atom is 0.224 e. The number of carbonyl (C=O) groups excluding carboxylic acids is 1. The zero-order valence-electron chi connectivity index (χ0n) is 14.8. The van der Waals surface area contributed by atoms with Crippen LogP contribution >= 0.6 is 0 Å². The second-order valence-corrected chi connectivity index (χ2v) is 6.60. The minimum absolute atomic E-state index is 0.0426. The van der Waals surface area contributed by atoms with E-state index >= 15 is 0 Å². The number of ether oxygens (including phenoxy) is 1. The highest BCUT2D eigenvalue weighted by atomic mass is 16.5.